The van der Waals surface area contributed by atoms with E-state index in [0.29, 0.717) is 13.2 Å². The van der Waals surface area contributed by atoms with Crippen LogP contribution >= 0.6 is 0 Å². The van der Waals surface area contributed by atoms with Crippen LogP contribution in [0.4, 0.5) is 0 Å². The highest BCUT2D eigenvalue weighted by molar-refractivity contribution is 5.65. The summed E-state index contributed by atoms with van der Waals surface area (Å²) >= 11 is 0. The summed E-state index contributed by atoms with van der Waals surface area (Å²) < 4.78 is 11.1. The molecule has 0 aliphatic heterocycles. The van der Waals surface area contributed by atoms with E-state index in [2.05, 4.69) is 4.98 Å². The molecule has 1 heterocycles. The van der Waals surface area contributed by atoms with Gasteiger partial charge in [0.15, 0.2) is 0 Å². The number of nitrogens with zero attached hydrogens (tertiary/aromatic N) is 1. The van der Waals surface area contributed by atoms with Crippen LogP contribution in [-0.4, -0.2) is 25.2 Å². The van der Waals surface area contributed by atoms with Crippen LogP contribution in [0.2, 0.25) is 0 Å². The molecule has 1 aromatic heterocycles. The molecule has 0 bridgehead atoms. The maximum atomic E-state index is 5.87. The van der Waals surface area contributed by atoms with Crippen molar-refractivity contribution in [3.8, 4) is 22.6 Å². The molecule has 1 aliphatic rings. The van der Waals surface area contributed by atoms with E-state index in [1.165, 1.54) is 0 Å². The maximum Gasteiger partial charge on any atom is 0.138 e. The minimum atomic E-state index is 0.200. The quantitative estimate of drug-likeness (QED) is 0.886. The third-order valence-corrected chi connectivity index (χ3v) is 4.05. The molecular formula is C17H20N2O2. The SMILES string of the molecule is COc1cccc(-c2cncc(OCC3(CN)CC3)c2)c1. The van der Waals surface area contributed by atoms with Crippen LogP contribution in [0.3, 0.4) is 0 Å². The maximum absolute atomic E-state index is 5.87. The average molecular weight is 284 g/mol. The van der Waals surface area contributed by atoms with Crippen molar-refractivity contribution in [2.24, 2.45) is 11.1 Å². The van der Waals surface area contributed by atoms with Gasteiger partial charge in [-0.15, -0.1) is 0 Å². The number of ether oxygens (including phenoxy) is 2. The van der Waals surface area contributed by atoms with Gasteiger partial charge in [0.25, 0.3) is 0 Å². The standard InChI is InChI=1S/C17H20N2O2/c1-20-15-4-2-3-13(7-15)14-8-16(10-19-9-14)21-12-17(11-18)5-6-17/h2-4,7-10H,5-6,11-12,18H2,1H3. The van der Waals surface area contributed by atoms with E-state index in [4.69, 9.17) is 15.2 Å². The van der Waals surface area contributed by atoms with Gasteiger partial charge < -0.3 is 15.2 Å². The summed E-state index contributed by atoms with van der Waals surface area (Å²) in [7, 11) is 1.67. The normalized spacial score (nSPS) is 15.5. The summed E-state index contributed by atoms with van der Waals surface area (Å²) in [6, 6.07) is 9.92. The first-order chi connectivity index (χ1) is 10.2. The Hall–Kier alpha value is -2.07. The lowest BCUT2D eigenvalue weighted by molar-refractivity contribution is 0.238. The topological polar surface area (TPSA) is 57.4 Å². The second kappa shape index (κ2) is 5.74. The fourth-order valence-electron chi connectivity index (χ4n) is 2.28. The van der Waals surface area contributed by atoms with E-state index in [0.717, 1.165) is 35.5 Å². The van der Waals surface area contributed by atoms with Crippen LogP contribution in [0.25, 0.3) is 11.1 Å². The average Bonchev–Trinajstić information content (AvgIpc) is 3.34. The molecule has 0 saturated heterocycles. The number of methoxy groups -OCH3 is 1. The van der Waals surface area contributed by atoms with Gasteiger partial charge in [-0.1, -0.05) is 12.1 Å². The molecule has 110 valence electrons. The third-order valence-electron chi connectivity index (χ3n) is 4.05. The molecule has 0 atom stereocenters. The Kier molecular flexibility index (Phi) is 3.80. The summed E-state index contributed by atoms with van der Waals surface area (Å²) in [4.78, 5) is 4.27. The summed E-state index contributed by atoms with van der Waals surface area (Å²) in [5, 5.41) is 0. The zero-order valence-corrected chi connectivity index (χ0v) is 12.2. The molecule has 21 heavy (non-hydrogen) atoms. The highest BCUT2D eigenvalue weighted by Crippen LogP contribution is 2.44. The van der Waals surface area contributed by atoms with Gasteiger partial charge in [-0.3, -0.25) is 4.98 Å². The van der Waals surface area contributed by atoms with Gasteiger partial charge >= 0.3 is 0 Å². The molecular weight excluding hydrogens is 264 g/mol. The first kappa shape index (κ1) is 13.9. The Labute approximate surface area is 124 Å². The fraction of sp³-hybridized carbons (Fsp3) is 0.353. The smallest absolute Gasteiger partial charge is 0.138 e. The predicted octanol–water partition coefficient (Wildman–Crippen LogP) is 2.87. The van der Waals surface area contributed by atoms with Crippen molar-refractivity contribution in [3.05, 3.63) is 42.7 Å². The molecule has 3 rings (SSSR count). The fourth-order valence-corrected chi connectivity index (χ4v) is 2.28. The van der Waals surface area contributed by atoms with E-state index in [9.17, 15) is 0 Å². The van der Waals surface area contributed by atoms with Crippen molar-refractivity contribution in [2.75, 3.05) is 20.3 Å². The second-order valence-electron chi connectivity index (χ2n) is 5.63. The molecule has 2 aromatic rings. The largest absolute Gasteiger partial charge is 0.497 e. The highest BCUT2D eigenvalue weighted by Gasteiger charge is 2.42. The van der Waals surface area contributed by atoms with Crippen LogP contribution in [0.5, 0.6) is 11.5 Å². The van der Waals surface area contributed by atoms with E-state index in [-0.39, 0.29) is 5.41 Å². The lowest BCUT2D eigenvalue weighted by Crippen LogP contribution is -2.22. The second-order valence-corrected chi connectivity index (χ2v) is 5.63. The zero-order chi connectivity index (χ0) is 14.7. The highest BCUT2D eigenvalue weighted by atomic mass is 16.5. The van der Waals surface area contributed by atoms with Gasteiger partial charge in [0.05, 0.1) is 19.9 Å². The first-order valence-electron chi connectivity index (χ1n) is 7.17. The van der Waals surface area contributed by atoms with Crippen LogP contribution in [0.1, 0.15) is 12.8 Å². The molecule has 1 aromatic carbocycles. The lowest BCUT2D eigenvalue weighted by atomic mass is 10.1. The van der Waals surface area contributed by atoms with Gasteiger partial charge in [-0.2, -0.15) is 0 Å². The molecule has 4 nitrogen and oxygen atoms in total. The van der Waals surface area contributed by atoms with Gasteiger partial charge in [-0.05, 0) is 36.6 Å². The van der Waals surface area contributed by atoms with E-state index in [1.54, 1.807) is 13.3 Å². The van der Waals surface area contributed by atoms with Gasteiger partial charge in [0, 0.05) is 23.7 Å². The van der Waals surface area contributed by atoms with Gasteiger partial charge in [0.2, 0.25) is 0 Å². The first-order valence-corrected chi connectivity index (χ1v) is 7.17. The Morgan fingerprint density at radius 1 is 1.14 bits per heavy atom. The molecule has 0 radical (unpaired) electrons. The predicted molar refractivity (Wildman–Crippen MR) is 82.4 cm³/mol. The van der Waals surface area contributed by atoms with E-state index >= 15 is 0 Å². The van der Waals surface area contributed by atoms with Crippen molar-refractivity contribution in [1.29, 1.82) is 0 Å². The van der Waals surface area contributed by atoms with Crippen molar-refractivity contribution in [3.63, 3.8) is 0 Å². The van der Waals surface area contributed by atoms with Crippen molar-refractivity contribution < 1.29 is 9.47 Å². The third kappa shape index (κ3) is 3.16. The van der Waals surface area contributed by atoms with Crippen LogP contribution in [0, 0.1) is 5.41 Å². The molecule has 0 amide bonds. The molecule has 1 aliphatic carbocycles. The number of pyridine rings is 1. The Morgan fingerprint density at radius 3 is 2.67 bits per heavy atom. The monoisotopic (exact) mass is 284 g/mol. The summed E-state index contributed by atoms with van der Waals surface area (Å²) in [6.07, 6.45) is 5.90. The number of hydrogen-bond donors (Lipinski definition) is 1. The number of rotatable bonds is 6. The van der Waals surface area contributed by atoms with Crippen LogP contribution in [0.15, 0.2) is 42.7 Å². The zero-order valence-electron chi connectivity index (χ0n) is 12.2. The van der Waals surface area contributed by atoms with Crippen molar-refractivity contribution in [2.45, 2.75) is 12.8 Å². The minimum Gasteiger partial charge on any atom is -0.497 e. The van der Waals surface area contributed by atoms with E-state index < -0.39 is 0 Å². The van der Waals surface area contributed by atoms with Gasteiger partial charge in [-0.25, -0.2) is 0 Å². The number of hydrogen-bond acceptors (Lipinski definition) is 4. The summed E-state index contributed by atoms with van der Waals surface area (Å²) in [5.41, 5.74) is 8.06. The molecule has 0 spiro atoms. The number of nitrogens with two attached hydrogens (primary N) is 1. The summed E-state index contributed by atoms with van der Waals surface area (Å²) in [5.74, 6) is 1.62. The van der Waals surface area contributed by atoms with Gasteiger partial charge in [0.1, 0.15) is 11.5 Å². The summed E-state index contributed by atoms with van der Waals surface area (Å²) in [6.45, 7) is 1.36. The molecule has 1 fully saturated rings. The number of aromatic nitrogens is 1. The molecule has 1 saturated carbocycles. The van der Waals surface area contributed by atoms with E-state index in [1.807, 2.05) is 36.5 Å². The Balaban J connectivity index is 1.76. The number of benzene rings is 1. The van der Waals surface area contributed by atoms with Crippen LogP contribution < -0.4 is 15.2 Å². The van der Waals surface area contributed by atoms with Crippen LogP contribution in [-0.2, 0) is 0 Å². The Bertz CT molecular complexity index is 624. The Morgan fingerprint density at radius 2 is 1.95 bits per heavy atom. The molecule has 2 N–H and O–H groups in total. The lowest BCUT2D eigenvalue weighted by Gasteiger charge is -2.14. The molecule has 4 heteroatoms. The van der Waals surface area contributed by atoms with Crippen molar-refractivity contribution >= 4 is 0 Å². The minimum absolute atomic E-state index is 0.200. The molecule has 0 unspecified atom stereocenters. The van der Waals surface area contributed by atoms with Crippen molar-refractivity contribution in [1.82, 2.24) is 4.98 Å².